The molecule has 16 heavy (non-hydrogen) atoms. The van der Waals surface area contributed by atoms with Gasteiger partial charge in [0.15, 0.2) is 6.10 Å². The van der Waals surface area contributed by atoms with Crippen LogP contribution in [-0.4, -0.2) is 11.9 Å². The molecule has 0 aromatic heterocycles. The van der Waals surface area contributed by atoms with Crippen molar-refractivity contribution in [2.75, 3.05) is 0 Å². The Balaban J connectivity index is 2.93. The van der Waals surface area contributed by atoms with Gasteiger partial charge in [-0.15, -0.1) is 0 Å². The lowest BCUT2D eigenvalue weighted by molar-refractivity contribution is 0.260. The molecule has 0 saturated carbocycles. The molecule has 1 aromatic carbocycles. The number of hydrogen-bond acceptors (Lipinski definition) is 2. The van der Waals surface area contributed by atoms with E-state index in [-0.39, 0.29) is 11.9 Å². The molecule has 0 amide bonds. The first-order chi connectivity index (χ1) is 7.45. The van der Waals surface area contributed by atoms with E-state index < -0.39 is 0 Å². The Morgan fingerprint density at radius 3 is 2.31 bits per heavy atom. The first-order valence-electron chi connectivity index (χ1n) is 5.23. The molecule has 0 saturated heterocycles. The quantitative estimate of drug-likeness (QED) is 0.628. The van der Waals surface area contributed by atoms with Crippen molar-refractivity contribution >= 4 is 17.4 Å². The van der Waals surface area contributed by atoms with Crippen molar-refractivity contribution < 1.29 is 4.74 Å². The predicted molar refractivity (Wildman–Crippen MR) is 67.5 cm³/mol. The van der Waals surface area contributed by atoms with Crippen molar-refractivity contribution in [1.29, 1.82) is 5.41 Å². The van der Waals surface area contributed by atoms with Gasteiger partial charge in [-0.25, -0.2) is 0 Å². The molecule has 1 unspecified atom stereocenters. The highest BCUT2D eigenvalue weighted by Gasteiger charge is 2.12. The normalized spacial score (nSPS) is 12.2. The predicted octanol–water partition coefficient (Wildman–Crippen LogP) is 3.05. The van der Waals surface area contributed by atoms with Crippen LogP contribution in [0.3, 0.4) is 0 Å². The van der Waals surface area contributed by atoms with Crippen LogP contribution in [0.5, 0.6) is 5.75 Å². The maximum atomic E-state index is 7.38. The Kier molecular flexibility index (Phi) is 4.19. The fourth-order valence-corrected chi connectivity index (χ4v) is 1.61. The second-order valence-corrected chi connectivity index (χ2v) is 4.22. The number of aryl methyl sites for hydroxylation is 2. The van der Waals surface area contributed by atoms with Crippen molar-refractivity contribution in [3.8, 4) is 5.75 Å². The van der Waals surface area contributed by atoms with Crippen LogP contribution in [0.25, 0.3) is 0 Å². The summed E-state index contributed by atoms with van der Waals surface area (Å²) in [6.07, 6.45) is 0.316. The molecule has 1 atom stereocenters. The zero-order chi connectivity index (χ0) is 12.3. The molecule has 0 heterocycles. The standard InChI is InChI=1S/C12H17ClN2O/c1-4-10(12(14)15)16-9-5-7(2)11(13)8(3)6-9/h5-6,10H,4H2,1-3H3,(H3,14,15). The number of hydrogen-bond donors (Lipinski definition) is 2. The summed E-state index contributed by atoms with van der Waals surface area (Å²) >= 11 is 6.06. The third-order valence-corrected chi connectivity index (χ3v) is 3.00. The van der Waals surface area contributed by atoms with Crippen LogP contribution in [0.2, 0.25) is 5.02 Å². The molecule has 4 heteroatoms. The van der Waals surface area contributed by atoms with Crippen molar-refractivity contribution in [2.24, 2.45) is 5.73 Å². The summed E-state index contributed by atoms with van der Waals surface area (Å²) in [5.41, 5.74) is 7.37. The topological polar surface area (TPSA) is 59.1 Å². The number of halogens is 1. The summed E-state index contributed by atoms with van der Waals surface area (Å²) in [5.74, 6) is 0.759. The average Bonchev–Trinajstić information content (AvgIpc) is 2.21. The van der Waals surface area contributed by atoms with E-state index in [4.69, 9.17) is 27.5 Å². The molecule has 1 rings (SSSR count). The van der Waals surface area contributed by atoms with Crippen LogP contribution in [0.15, 0.2) is 12.1 Å². The van der Waals surface area contributed by atoms with Gasteiger partial charge in [0.05, 0.1) is 0 Å². The zero-order valence-electron chi connectivity index (χ0n) is 9.80. The number of nitrogens with one attached hydrogen (secondary N) is 1. The van der Waals surface area contributed by atoms with Crippen LogP contribution in [0.1, 0.15) is 24.5 Å². The number of nitrogens with two attached hydrogens (primary N) is 1. The van der Waals surface area contributed by atoms with Crippen molar-refractivity contribution in [3.05, 3.63) is 28.3 Å². The van der Waals surface area contributed by atoms with Gasteiger partial charge in [0.1, 0.15) is 11.6 Å². The van der Waals surface area contributed by atoms with E-state index in [2.05, 4.69) is 0 Å². The minimum absolute atomic E-state index is 0.0488. The van der Waals surface area contributed by atoms with Crippen LogP contribution in [-0.2, 0) is 0 Å². The molecule has 0 aliphatic rings. The second kappa shape index (κ2) is 5.21. The number of rotatable bonds is 4. The van der Waals surface area contributed by atoms with Crippen molar-refractivity contribution in [3.63, 3.8) is 0 Å². The van der Waals surface area contributed by atoms with Crippen LogP contribution in [0, 0.1) is 19.3 Å². The maximum absolute atomic E-state index is 7.38. The lowest BCUT2D eigenvalue weighted by Gasteiger charge is -2.17. The lowest BCUT2D eigenvalue weighted by atomic mass is 10.1. The van der Waals surface area contributed by atoms with Crippen LogP contribution >= 0.6 is 11.6 Å². The van der Waals surface area contributed by atoms with Crippen LogP contribution < -0.4 is 10.5 Å². The highest BCUT2D eigenvalue weighted by Crippen LogP contribution is 2.26. The van der Waals surface area contributed by atoms with Gasteiger partial charge in [0, 0.05) is 5.02 Å². The third kappa shape index (κ3) is 2.89. The molecule has 0 aliphatic heterocycles. The molecular formula is C12H17ClN2O. The number of benzene rings is 1. The van der Waals surface area contributed by atoms with E-state index in [0.717, 1.165) is 16.1 Å². The Hall–Kier alpha value is -1.22. The summed E-state index contributed by atoms with van der Waals surface area (Å²) in [6, 6.07) is 3.72. The molecule has 3 nitrogen and oxygen atoms in total. The summed E-state index contributed by atoms with van der Waals surface area (Å²) in [5, 5.41) is 8.13. The largest absolute Gasteiger partial charge is 0.483 e. The SMILES string of the molecule is CCC(Oc1cc(C)c(Cl)c(C)c1)C(=N)N. The smallest absolute Gasteiger partial charge is 0.155 e. The number of amidine groups is 1. The fraction of sp³-hybridized carbons (Fsp3) is 0.417. The summed E-state index contributed by atoms with van der Waals surface area (Å²) in [7, 11) is 0. The minimum atomic E-state index is -0.361. The van der Waals surface area contributed by atoms with E-state index in [0.29, 0.717) is 12.2 Å². The molecule has 88 valence electrons. The van der Waals surface area contributed by atoms with Crippen molar-refractivity contribution in [2.45, 2.75) is 33.3 Å². The Morgan fingerprint density at radius 1 is 1.44 bits per heavy atom. The molecular weight excluding hydrogens is 224 g/mol. The van der Waals surface area contributed by atoms with Crippen molar-refractivity contribution in [1.82, 2.24) is 0 Å². The van der Waals surface area contributed by atoms with E-state index in [1.54, 1.807) is 0 Å². The van der Waals surface area contributed by atoms with Gasteiger partial charge in [-0.1, -0.05) is 18.5 Å². The first kappa shape index (κ1) is 12.8. The molecule has 0 radical (unpaired) electrons. The Morgan fingerprint density at radius 2 is 1.94 bits per heavy atom. The summed E-state index contributed by atoms with van der Waals surface area (Å²) in [6.45, 7) is 5.79. The van der Waals surface area contributed by atoms with Gasteiger partial charge in [-0.2, -0.15) is 0 Å². The minimum Gasteiger partial charge on any atom is -0.483 e. The van der Waals surface area contributed by atoms with Gasteiger partial charge in [0.25, 0.3) is 0 Å². The zero-order valence-corrected chi connectivity index (χ0v) is 10.6. The first-order valence-corrected chi connectivity index (χ1v) is 5.60. The molecule has 1 aromatic rings. The molecule has 0 spiro atoms. The average molecular weight is 241 g/mol. The highest BCUT2D eigenvalue weighted by atomic mass is 35.5. The van der Waals surface area contributed by atoms with Gasteiger partial charge < -0.3 is 10.5 Å². The maximum Gasteiger partial charge on any atom is 0.155 e. The molecule has 0 aliphatic carbocycles. The van der Waals surface area contributed by atoms with E-state index in [1.165, 1.54) is 0 Å². The third-order valence-electron chi connectivity index (χ3n) is 2.41. The molecule has 0 fully saturated rings. The van der Waals surface area contributed by atoms with Crippen LogP contribution in [0.4, 0.5) is 0 Å². The fourth-order valence-electron chi connectivity index (χ4n) is 1.51. The highest BCUT2D eigenvalue weighted by molar-refractivity contribution is 6.32. The van der Waals surface area contributed by atoms with E-state index in [9.17, 15) is 0 Å². The Bertz CT molecular complexity index is 381. The molecule has 3 N–H and O–H groups in total. The van der Waals surface area contributed by atoms with Gasteiger partial charge >= 0.3 is 0 Å². The van der Waals surface area contributed by atoms with E-state index >= 15 is 0 Å². The lowest BCUT2D eigenvalue weighted by Crippen LogP contribution is -2.32. The van der Waals surface area contributed by atoms with E-state index in [1.807, 2.05) is 32.9 Å². The summed E-state index contributed by atoms with van der Waals surface area (Å²) < 4.78 is 5.63. The van der Waals surface area contributed by atoms with Gasteiger partial charge in [0.2, 0.25) is 0 Å². The second-order valence-electron chi connectivity index (χ2n) is 3.84. The Labute approximate surface area is 101 Å². The summed E-state index contributed by atoms with van der Waals surface area (Å²) in [4.78, 5) is 0. The van der Waals surface area contributed by atoms with Gasteiger partial charge in [-0.05, 0) is 43.5 Å². The number of ether oxygens (including phenoxy) is 1. The van der Waals surface area contributed by atoms with Gasteiger partial charge in [-0.3, -0.25) is 5.41 Å². The monoisotopic (exact) mass is 240 g/mol. The molecule has 0 bridgehead atoms.